The van der Waals surface area contributed by atoms with Crippen LogP contribution in [0.2, 0.25) is 5.02 Å². The lowest BCUT2D eigenvalue weighted by molar-refractivity contribution is 0.00874. The second-order valence-corrected chi connectivity index (χ2v) is 7.18. The van der Waals surface area contributed by atoms with Gasteiger partial charge in [-0.15, -0.1) is 0 Å². The monoisotopic (exact) mass is 417 g/mol. The minimum Gasteiger partial charge on any atom is -0.441 e. The predicted octanol–water partition coefficient (Wildman–Crippen LogP) is 3.25. The highest BCUT2D eigenvalue weighted by Crippen LogP contribution is 2.29. The molecule has 2 saturated heterocycles. The second kappa shape index (κ2) is 8.69. The van der Waals surface area contributed by atoms with Crippen LogP contribution in [-0.2, 0) is 14.2 Å². The van der Waals surface area contributed by atoms with E-state index in [4.69, 9.17) is 25.8 Å². The molecule has 0 saturated carbocycles. The Labute approximate surface area is 172 Å². The summed E-state index contributed by atoms with van der Waals surface area (Å²) in [6.07, 6.45) is -1.95. The quantitative estimate of drug-likeness (QED) is 0.709. The lowest BCUT2D eigenvalue weighted by Crippen LogP contribution is -2.46. The summed E-state index contributed by atoms with van der Waals surface area (Å²) in [5.74, 6) is 0. The smallest absolute Gasteiger partial charge is 0.412 e. The van der Waals surface area contributed by atoms with Crippen molar-refractivity contribution in [3.63, 3.8) is 0 Å². The molecular weight excluding hydrogens is 398 g/mol. The summed E-state index contributed by atoms with van der Waals surface area (Å²) in [6, 6.07) is 15.1. The van der Waals surface area contributed by atoms with E-state index in [0.717, 1.165) is 0 Å². The summed E-state index contributed by atoms with van der Waals surface area (Å²) < 4.78 is 16.9. The van der Waals surface area contributed by atoms with Gasteiger partial charge in [-0.05, 0) is 36.4 Å². The van der Waals surface area contributed by atoms with Gasteiger partial charge in [0.1, 0.15) is 12.2 Å². The number of amides is 3. The first-order valence-electron chi connectivity index (χ1n) is 9.17. The zero-order chi connectivity index (χ0) is 20.2. The third-order valence-corrected chi connectivity index (χ3v) is 4.96. The van der Waals surface area contributed by atoms with E-state index in [9.17, 15) is 9.59 Å². The van der Waals surface area contributed by atoms with E-state index in [0.29, 0.717) is 16.4 Å². The number of urea groups is 1. The van der Waals surface area contributed by atoms with Gasteiger partial charge in [0.2, 0.25) is 0 Å². The number of fused-ring (bicyclic) bond motifs is 1. The number of carbonyl (C=O) groups is 2. The van der Waals surface area contributed by atoms with Crippen molar-refractivity contribution in [2.75, 3.05) is 23.8 Å². The summed E-state index contributed by atoms with van der Waals surface area (Å²) in [5.41, 5.74) is 1.26. The van der Waals surface area contributed by atoms with Crippen LogP contribution in [0.3, 0.4) is 0 Å². The minimum atomic E-state index is -0.578. The second-order valence-electron chi connectivity index (χ2n) is 6.74. The van der Waals surface area contributed by atoms with Crippen molar-refractivity contribution < 1.29 is 23.8 Å². The van der Waals surface area contributed by atoms with Crippen LogP contribution >= 0.6 is 11.6 Å². The van der Waals surface area contributed by atoms with Crippen molar-refractivity contribution >= 4 is 35.1 Å². The van der Waals surface area contributed by atoms with Gasteiger partial charge in [0.25, 0.3) is 0 Å². The third-order valence-electron chi connectivity index (χ3n) is 4.71. The Morgan fingerprint density at radius 1 is 0.897 bits per heavy atom. The normalized spacial score (nSPS) is 25.1. The van der Waals surface area contributed by atoms with Crippen LogP contribution in [0.25, 0.3) is 0 Å². The molecule has 2 aromatic rings. The number of anilines is 2. The Balaban J connectivity index is 1.27. The number of rotatable bonds is 4. The molecule has 3 amide bonds. The number of para-hydroxylation sites is 1. The van der Waals surface area contributed by atoms with E-state index in [-0.39, 0.29) is 31.4 Å². The van der Waals surface area contributed by atoms with Crippen LogP contribution in [-0.4, -0.2) is 49.7 Å². The number of carbonyl (C=O) groups excluding carboxylic acids is 2. The first-order chi connectivity index (χ1) is 14.1. The van der Waals surface area contributed by atoms with Gasteiger partial charge >= 0.3 is 12.1 Å². The number of ether oxygens (including phenoxy) is 3. The zero-order valence-electron chi connectivity index (χ0n) is 15.3. The predicted molar refractivity (Wildman–Crippen MR) is 107 cm³/mol. The number of hydrogen-bond acceptors (Lipinski definition) is 5. The summed E-state index contributed by atoms with van der Waals surface area (Å²) in [5, 5.41) is 8.82. The highest BCUT2D eigenvalue weighted by molar-refractivity contribution is 6.30. The lowest BCUT2D eigenvalue weighted by Gasteiger charge is -2.18. The van der Waals surface area contributed by atoms with Crippen LogP contribution in [0.15, 0.2) is 54.6 Å². The van der Waals surface area contributed by atoms with Gasteiger partial charge in [0, 0.05) is 16.4 Å². The standard InChI is InChI=1S/C20H20ClN3O5/c21-12-6-8-14(9-7-12)22-19(25)24-15-10-27-18-16(11-28-17(15)18)29-20(26)23-13-4-2-1-3-5-13/h1-9,15-18H,10-11H2,(H,23,26)(H2,22,24,25)/t15-,16-,17-,18+/m0/s1. The molecule has 0 unspecified atom stereocenters. The van der Waals surface area contributed by atoms with Crippen molar-refractivity contribution in [1.82, 2.24) is 5.32 Å². The molecule has 8 nitrogen and oxygen atoms in total. The number of hydrogen-bond donors (Lipinski definition) is 3. The van der Waals surface area contributed by atoms with Gasteiger partial charge in [0.15, 0.2) is 6.10 Å². The molecule has 0 aliphatic carbocycles. The maximum Gasteiger partial charge on any atom is 0.412 e. The van der Waals surface area contributed by atoms with Crippen molar-refractivity contribution in [3.05, 3.63) is 59.6 Å². The minimum absolute atomic E-state index is 0.203. The molecule has 2 heterocycles. The molecule has 9 heteroatoms. The molecule has 2 fully saturated rings. The first-order valence-corrected chi connectivity index (χ1v) is 9.55. The van der Waals surface area contributed by atoms with E-state index in [2.05, 4.69) is 16.0 Å². The van der Waals surface area contributed by atoms with E-state index in [1.165, 1.54) is 0 Å². The average molecular weight is 418 g/mol. The van der Waals surface area contributed by atoms with Gasteiger partial charge in [-0.25, -0.2) is 9.59 Å². The molecule has 4 rings (SSSR count). The summed E-state index contributed by atoms with van der Waals surface area (Å²) in [6.45, 7) is 0.470. The summed E-state index contributed by atoms with van der Waals surface area (Å²) >= 11 is 5.84. The van der Waals surface area contributed by atoms with Crippen LogP contribution in [0.5, 0.6) is 0 Å². The molecule has 0 aromatic heterocycles. The van der Waals surface area contributed by atoms with Crippen molar-refractivity contribution in [2.24, 2.45) is 0 Å². The van der Waals surface area contributed by atoms with E-state index < -0.39 is 18.3 Å². The van der Waals surface area contributed by atoms with Gasteiger partial charge in [0.05, 0.1) is 19.3 Å². The fourth-order valence-corrected chi connectivity index (χ4v) is 3.49. The molecular formula is C20H20ClN3O5. The van der Waals surface area contributed by atoms with Crippen LogP contribution in [0, 0.1) is 0 Å². The van der Waals surface area contributed by atoms with Crippen molar-refractivity contribution in [3.8, 4) is 0 Å². The SMILES string of the molecule is O=C(Nc1ccc(Cl)cc1)N[C@H]1CO[C@H]2[C@H]1OC[C@@H]2OC(=O)Nc1ccccc1. The molecule has 2 aliphatic rings. The van der Waals surface area contributed by atoms with Crippen LogP contribution in [0.1, 0.15) is 0 Å². The Kier molecular flexibility index (Phi) is 5.84. The molecule has 0 spiro atoms. The van der Waals surface area contributed by atoms with E-state index in [1.807, 2.05) is 18.2 Å². The van der Waals surface area contributed by atoms with Crippen molar-refractivity contribution in [2.45, 2.75) is 24.4 Å². The molecule has 3 N–H and O–H groups in total. The zero-order valence-corrected chi connectivity index (χ0v) is 16.1. The maximum absolute atomic E-state index is 12.2. The molecule has 2 aliphatic heterocycles. The van der Waals surface area contributed by atoms with Crippen LogP contribution in [0.4, 0.5) is 21.0 Å². The topological polar surface area (TPSA) is 97.9 Å². The Bertz CT molecular complexity index is 864. The highest BCUT2D eigenvalue weighted by Gasteiger charge is 2.50. The molecule has 0 radical (unpaired) electrons. The Morgan fingerprint density at radius 3 is 2.34 bits per heavy atom. The number of benzene rings is 2. The maximum atomic E-state index is 12.2. The molecule has 0 bridgehead atoms. The fourth-order valence-electron chi connectivity index (χ4n) is 3.36. The van der Waals surface area contributed by atoms with Gasteiger partial charge in [-0.2, -0.15) is 0 Å². The number of nitrogens with one attached hydrogen (secondary N) is 3. The first kappa shape index (κ1) is 19.5. The van der Waals surface area contributed by atoms with Gasteiger partial charge in [-0.1, -0.05) is 29.8 Å². The fraction of sp³-hybridized carbons (Fsp3) is 0.300. The number of halogens is 1. The molecule has 4 atom stereocenters. The van der Waals surface area contributed by atoms with Crippen molar-refractivity contribution in [1.29, 1.82) is 0 Å². The highest BCUT2D eigenvalue weighted by atomic mass is 35.5. The molecule has 2 aromatic carbocycles. The molecule has 152 valence electrons. The Hall–Kier alpha value is -2.81. The lowest BCUT2D eigenvalue weighted by atomic mass is 10.1. The summed E-state index contributed by atoms with van der Waals surface area (Å²) in [7, 11) is 0. The van der Waals surface area contributed by atoms with Gasteiger partial charge in [-0.3, -0.25) is 5.32 Å². The van der Waals surface area contributed by atoms with Crippen LogP contribution < -0.4 is 16.0 Å². The third kappa shape index (κ3) is 4.79. The Morgan fingerprint density at radius 2 is 1.59 bits per heavy atom. The largest absolute Gasteiger partial charge is 0.441 e. The van der Waals surface area contributed by atoms with Gasteiger partial charge < -0.3 is 24.8 Å². The van der Waals surface area contributed by atoms with E-state index in [1.54, 1.807) is 36.4 Å². The summed E-state index contributed by atoms with van der Waals surface area (Å²) in [4.78, 5) is 24.4. The molecule has 29 heavy (non-hydrogen) atoms. The van der Waals surface area contributed by atoms with E-state index >= 15 is 0 Å². The average Bonchev–Trinajstić information content (AvgIpc) is 3.28.